The van der Waals surface area contributed by atoms with E-state index in [0.29, 0.717) is 17.5 Å². The number of rotatable bonds is 5. The molecule has 302 valence electrons. The number of benzene rings is 10. The molecule has 0 spiro atoms. The standard InChI is InChI=1S/C60H36N4O/c1-2-14-36(15-3-1)38-20-12-22-43(30-38)58-61-59(48-26-13-21-42-31-41-19-7-9-24-46(41)55(42)48)63-60(62-58)51-35-44(34-49-47-25-10-11-27-54(47)65-57(49)51)64-52-29-28-37-16-6-8-23-45(37)56(52)50-32-39-17-4-5-18-40(39)33-53(50)64/h1-30,32-35H,31H2. The zero-order valence-corrected chi connectivity index (χ0v) is 35.0. The first-order valence-electron chi connectivity index (χ1n) is 22.1. The fraction of sp³-hybridized carbons (Fsp3) is 0.0167. The third kappa shape index (κ3) is 5.55. The van der Waals surface area contributed by atoms with Crippen LogP contribution in [-0.4, -0.2) is 19.5 Å². The lowest BCUT2D eigenvalue weighted by atomic mass is 9.98. The number of nitrogens with zero attached hydrogens (tertiary/aromatic N) is 4. The van der Waals surface area contributed by atoms with Gasteiger partial charge in [-0.15, -0.1) is 0 Å². The molecule has 0 N–H and O–H groups in total. The van der Waals surface area contributed by atoms with Gasteiger partial charge < -0.3 is 8.98 Å². The van der Waals surface area contributed by atoms with Gasteiger partial charge in [-0.05, 0) is 104 Å². The van der Waals surface area contributed by atoms with Gasteiger partial charge in [0.25, 0.3) is 0 Å². The molecule has 0 unspecified atom stereocenters. The van der Waals surface area contributed by atoms with E-state index in [9.17, 15) is 0 Å². The van der Waals surface area contributed by atoms with Crippen LogP contribution in [0.5, 0.6) is 0 Å². The van der Waals surface area contributed by atoms with Crippen molar-refractivity contribution in [1.82, 2.24) is 19.5 Å². The highest BCUT2D eigenvalue weighted by Gasteiger charge is 2.26. The van der Waals surface area contributed by atoms with Crippen molar-refractivity contribution in [2.75, 3.05) is 0 Å². The predicted molar refractivity (Wildman–Crippen MR) is 266 cm³/mol. The van der Waals surface area contributed by atoms with Gasteiger partial charge in [-0.2, -0.15) is 0 Å². The molecular formula is C60H36N4O. The van der Waals surface area contributed by atoms with Crippen LogP contribution in [0.15, 0.2) is 211 Å². The minimum atomic E-state index is 0.543. The molecule has 0 bridgehead atoms. The number of furan rings is 1. The highest BCUT2D eigenvalue weighted by molar-refractivity contribution is 6.23. The highest BCUT2D eigenvalue weighted by Crippen LogP contribution is 2.45. The summed E-state index contributed by atoms with van der Waals surface area (Å²) in [6.45, 7) is 0. The van der Waals surface area contributed by atoms with E-state index in [1.165, 1.54) is 54.6 Å². The summed E-state index contributed by atoms with van der Waals surface area (Å²) in [6.07, 6.45) is 0.869. The third-order valence-corrected chi connectivity index (χ3v) is 13.4. The lowest BCUT2D eigenvalue weighted by Crippen LogP contribution is -2.02. The average molecular weight is 829 g/mol. The average Bonchev–Trinajstić information content (AvgIpc) is 4.05. The second kappa shape index (κ2) is 13.9. The van der Waals surface area contributed by atoms with Crippen LogP contribution >= 0.6 is 0 Å². The molecule has 3 aromatic heterocycles. The summed E-state index contributed by atoms with van der Waals surface area (Å²) in [7, 11) is 0. The van der Waals surface area contributed by atoms with Gasteiger partial charge in [0.2, 0.25) is 0 Å². The molecule has 0 amide bonds. The van der Waals surface area contributed by atoms with Crippen molar-refractivity contribution in [2.24, 2.45) is 0 Å². The van der Waals surface area contributed by atoms with Gasteiger partial charge >= 0.3 is 0 Å². The van der Waals surface area contributed by atoms with Crippen molar-refractivity contribution < 1.29 is 4.42 Å². The first-order valence-corrected chi connectivity index (χ1v) is 22.1. The first-order chi connectivity index (χ1) is 32.2. The molecule has 14 rings (SSSR count). The molecule has 5 nitrogen and oxygen atoms in total. The van der Waals surface area contributed by atoms with Crippen LogP contribution in [0.25, 0.3) is 127 Å². The molecule has 1 aliphatic rings. The molecule has 10 aromatic carbocycles. The molecular weight excluding hydrogens is 793 g/mol. The van der Waals surface area contributed by atoms with E-state index in [1.54, 1.807) is 0 Å². The van der Waals surface area contributed by atoms with Crippen LogP contribution < -0.4 is 0 Å². The van der Waals surface area contributed by atoms with Crippen molar-refractivity contribution >= 4 is 65.3 Å². The molecule has 0 saturated heterocycles. The Morgan fingerprint density at radius 3 is 1.94 bits per heavy atom. The maximum atomic E-state index is 6.88. The molecule has 0 saturated carbocycles. The van der Waals surface area contributed by atoms with Crippen molar-refractivity contribution in [3.63, 3.8) is 0 Å². The van der Waals surface area contributed by atoms with E-state index in [1.807, 2.05) is 18.2 Å². The zero-order chi connectivity index (χ0) is 42.6. The van der Waals surface area contributed by atoms with E-state index < -0.39 is 0 Å². The maximum Gasteiger partial charge on any atom is 0.167 e. The molecule has 0 radical (unpaired) electrons. The number of hydrogen-bond acceptors (Lipinski definition) is 4. The lowest BCUT2D eigenvalue weighted by molar-refractivity contribution is 0.669. The number of para-hydroxylation sites is 1. The van der Waals surface area contributed by atoms with Gasteiger partial charge in [0.15, 0.2) is 17.5 Å². The minimum absolute atomic E-state index is 0.543. The van der Waals surface area contributed by atoms with Crippen molar-refractivity contribution in [2.45, 2.75) is 6.42 Å². The van der Waals surface area contributed by atoms with Crippen LogP contribution in [0.4, 0.5) is 0 Å². The summed E-state index contributed by atoms with van der Waals surface area (Å²) < 4.78 is 9.30. The molecule has 1 aliphatic carbocycles. The van der Waals surface area contributed by atoms with E-state index in [0.717, 1.165) is 72.9 Å². The number of aromatic nitrogens is 4. The Labute approximate surface area is 373 Å². The Morgan fingerprint density at radius 2 is 1.05 bits per heavy atom. The summed E-state index contributed by atoms with van der Waals surface area (Å²) in [4.78, 5) is 16.3. The Kier molecular flexibility index (Phi) is 7.68. The minimum Gasteiger partial charge on any atom is -0.455 e. The van der Waals surface area contributed by atoms with E-state index in [2.05, 4.69) is 193 Å². The zero-order valence-electron chi connectivity index (χ0n) is 35.0. The largest absolute Gasteiger partial charge is 0.455 e. The van der Waals surface area contributed by atoms with Gasteiger partial charge in [0, 0.05) is 38.4 Å². The van der Waals surface area contributed by atoms with E-state index >= 15 is 0 Å². The van der Waals surface area contributed by atoms with Crippen molar-refractivity contribution in [3.05, 3.63) is 217 Å². The molecule has 0 atom stereocenters. The SMILES string of the molecule is c1ccc(-c2cccc(-c3nc(-c4cccc5c4-c4ccccc4C5)nc(-c4cc(-n5c6cc7ccccc7cc6c6c7ccccc7ccc65)cc5c4oc4ccccc45)n3)c2)cc1. The third-order valence-electron chi connectivity index (χ3n) is 13.4. The summed E-state index contributed by atoms with van der Waals surface area (Å²) in [6, 6.07) is 73.5. The van der Waals surface area contributed by atoms with E-state index in [4.69, 9.17) is 19.4 Å². The Balaban J connectivity index is 1.08. The molecule has 5 heteroatoms. The van der Waals surface area contributed by atoms with Crippen LogP contribution in [0, 0.1) is 0 Å². The van der Waals surface area contributed by atoms with Crippen LogP contribution in [0.1, 0.15) is 11.1 Å². The van der Waals surface area contributed by atoms with Crippen molar-refractivity contribution in [1.29, 1.82) is 0 Å². The van der Waals surface area contributed by atoms with Crippen molar-refractivity contribution in [3.8, 4) is 62.1 Å². The monoisotopic (exact) mass is 828 g/mol. The Morgan fingerprint density at radius 1 is 0.385 bits per heavy atom. The summed E-state index contributed by atoms with van der Waals surface area (Å²) in [5.74, 6) is 1.76. The highest BCUT2D eigenvalue weighted by atomic mass is 16.3. The fourth-order valence-electron chi connectivity index (χ4n) is 10.4. The Bertz CT molecular complexity index is 4100. The van der Waals surface area contributed by atoms with Gasteiger partial charge in [0.05, 0.1) is 16.6 Å². The summed E-state index contributed by atoms with van der Waals surface area (Å²) in [5.41, 5.74) is 14.7. The Hall–Kier alpha value is -8.67. The normalized spacial score (nSPS) is 12.2. The first kappa shape index (κ1) is 35.9. The lowest BCUT2D eigenvalue weighted by Gasteiger charge is -2.14. The van der Waals surface area contributed by atoms with Gasteiger partial charge in [0.1, 0.15) is 11.2 Å². The number of fused-ring (bicyclic) bond motifs is 12. The van der Waals surface area contributed by atoms with Crippen LogP contribution in [-0.2, 0) is 6.42 Å². The molecule has 13 aromatic rings. The van der Waals surface area contributed by atoms with E-state index in [-0.39, 0.29) is 0 Å². The van der Waals surface area contributed by atoms with Gasteiger partial charge in [-0.1, -0.05) is 164 Å². The van der Waals surface area contributed by atoms with Gasteiger partial charge in [-0.3, -0.25) is 0 Å². The quantitative estimate of drug-likeness (QED) is 0.173. The topological polar surface area (TPSA) is 56.7 Å². The second-order valence-corrected chi connectivity index (χ2v) is 17.1. The fourth-order valence-corrected chi connectivity index (χ4v) is 10.4. The summed E-state index contributed by atoms with van der Waals surface area (Å²) in [5, 5.41) is 9.28. The van der Waals surface area contributed by atoms with Gasteiger partial charge in [-0.25, -0.2) is 15.0 Å². The molecule has 3 heterocycles. The second-order valence-electron chi connectivity index (χ2n) is 17.1. The maximum absolute atomic E-state index is 6.88. The van der Waals surface area contributed by atoms with Crippen LogP contribution in [0.3, 0.4) is 0 Å². The molecule has 65 heavy (non-hydrogen) atoms. The molecule has 0 fully saturated rings. The smallest absolute Gasteiger partial charge is 0.167 e. The summed E-state index contributed by atoms with van der Waals surface area (Å²) >= 11 is 0. The predicted octanol–water partition coefficient (Wildman–Crippen LogP) is 15.4. The number of hydrogen-bond donors (Lipinski definition) is 0. The molecule has 0 aliphatic heterocycles. The van der Waals surface area contributed by atoms with Crippen LogP contribution in [0.2, 0.25) is 0 Å².